The van der Waals surface area contributed by atoms with Crippen LogP contribution in [-0.4, -0.2) is 40.2 Å². The molecule has 1 atom stereocenters. The maximum atomic E-state index is 12.1. The van der Waals surface area contributed by atoms with E-state index >= 15 is 0 Å². The van der Waals surface area contributed by atoms with E-state index in [0.717, 1.165) is 4.90 Å². The van der Waals surface area contributed by atoms with E-state index in [1.165, 1.54) is 0 Å². The molecule has 0 bridgehead atoms. The summed E-state index contributed by atoms with van der Waals surface area (Å²) in [4.78, 5) is 37.2. The van der Waals surface area contributed by atoms with Crippen LogP contribution in [0.25, 0.3) is 0 Å². The summed E-state index contributed by atoms with van der Waals surface area (Å²) >= 11 is 11.8. The van der Waals surface area contributed by atoms with Gasteiger partial charge in [0.25, 0.3) is 11.8 Å². The number of imide groups is 1. The van der Waals surface area contributed by atoms with Crippen molar-refractivity contribution in [1.29, 1.82) is 0 Å². The topological polar surface area (TPSA) is 63.7 Å². The lowest BCUT2D eigenvalue weighted by Crippen LogP contribution is -2.34. The van der Waals surface area contributed by atoms with Gasteiger partial charge in [0.05, 0.1) is 17.7 Å². The predicted octanol–water partition coefficient (Wildman–Crippen LogP) is 2.41. The maximum Gasteiger partial charge on any atom is 0.315 e. The molecule has 1 aromatic rings. The Labute approximate surface area is 137 Å². The van der Waals surface area contributed by atoms with E-state index in [1.54, 1.807) is 31.2 Å². The van der Waals surface area contributed by atoms with Crippen molar-refractivity contribution < 1.29 is 19.1 Å². The molecule has 2 aliphatic rings. The summed E-state index contributed by atoms with van der Waals surface area (Å²) in [5, 5.41) is 0. The molecule has 0 unspecified atom stereocenters. The molecule has 3 rings (SSSR count). The van der Waals surface area contributed by atoms with Crippen molar-refractivity contribution in [3.05, 3.63) is 35.4 Å². The number of ether oxygens (including phenoxy) is 1. The van der Waals surface area contributed by atoms with E-state index in [-0.39, 0.29) is 25.0 Å². The van der Waals surface area contributed by atoms with Crippen molar-refractivity contribution >= 4 is 41.0 Å². The Kier molecular flexibility index (Phi) is 3.45. The predicted molar refractivity (Wildman–Crippen MR) is 79.9 cm³/mol. The highest BCUT2D eigenvalue weighted by atomic mass is 35.5. The van der Waals surface area contributed by atoms with Gasteiger partial charge in [0.2, 0.25) is 0 Å². The van der Waals surface area contributed by atoms with E-state index in [9.17, 15) is 14.4 Å². The standard InChI is InChI=1S/C15H13Cl2NO4/c1-14(8-15(14,16)17)13(21)22-7-6-18-11(19)9-4-2-3-5-10(9)12(18)20/h2-5H,6-8H2,1H3/t14-/m1/s1. The van der Waals surface area contributed by atoms with Crippen molar-refractivity contribution in [3.63, 3.8) is 0 Å². The van der Waals surface area contributed by atoms with Gasteiger partial charge in [-0.15, -0.1) is 23.2 Å². The van der Waals surface area contributed by atoms with Gasteiger partial charge in [-0.05, 0) is 19.1 Å². The van der Waals surface area contributed by atoms with Gasteiger partial charge in [0, 0.05) is 6.42 Å². The molecule has 1 heterocycles. The number of hydrogen-bond acceptors (Lipinski definition) is 4. The fraction of sp³-hybridized carbons (Fsp3) is 0.400. The van der Waals surface area contributed by atoms with Crippen molar-refractivity contribution in [1.82, 2.24) is 4.90 Å². The first kappa shape index (κ1) is 15.3. The molecule has 0 spiro atoms. The number of carbonyl (C=O) groups is 3. The average Bonchev–Trinajstić information content (AvgIpc) is 2.92. The minimum Gasteiger partial charge on any atom is -0.463 e. The summed E-state index contributed by atoms with van der Waals surface area (Å²) in [6.07, 6.45) is 0.328. The molecule has 116 valence electrons. The fourth-order valence-corrected chi connectivity index (χ4v) is 3.14. The minimum absolute atomic E-state index is 0.00569. The van der Waals surface area contributed by atoms with Crippen LogP contribution >= 0.6 is 23.2 Å². The summed E-state index contributed by atoms with van der Waals surface area (Å²) in [5.41, 5.74) is -0.181. The summed E-state index contributed by atoms with van der Waals surface area (Å²) < 4.78 is 4.01. The van der Waals surface area contributed by atoms with E-state index in [2.05, 4.69) is 0 Å². The Morgan fingerprint density at radius 3 is 2.18 bits per heavy atom. The van der Waals surface area contributed by atoms with Crippen LogP contribution in [0.5, 0.6) is 0 Å². The van der Waals surface area contributed by atoms with Crippen LogP contribution in [0.4, 0.5) is 0 Å². The third-order valence-corrected chi connectivity index (χ3v) is 5.24. The summed E-state index contributed by atoms with van der Waals surface area (Å²) in [6, 6.07) is 6.59. The monoisotopic (exact) mass is 341 g/mol. The molecule has 1 fully saturated rings. The second-order valence-corrected chi connectivity index (χ2v) is 7.14. The first-order valence-corrected chi connectivity index (χ1v) is 7.54. The number of benzene rings is 1. The van der Waals surface area contributed by atoms with Gasteiger partial charge in [0.1, 0.15) is 16.4 Å². The number of carbonyl (C=O) groups excluding carboxylic acids is 3. The second kappa shape index (κ2) is 4.96. The Balaban J connectivity index is 1.59. The molecule has 1 aliphatic heterocycles. The Morgan fingerprint density at radius 2 is 1.73 bits per heavy atom. The van der Waals surface area contributed by atoms with Gasteiger partial charge in [-0.25, -0.2) is 0 Å². The van der Waals surface area contributed by atoms with Crippen LogP contribution in [0.15, 0.2) is 24.3 Å². The van der Waals surface area contributed by atoms with Crippen molar-refractivity contribution in [2.45, 2.75) is 17.7 Å². The third kappa shape index (κ3) is 2.20. The van der Waals surface area contributed by atoms with Crippen LogP contribution in [0.2, 0.25) is 0 Å². The minimum atomic E-state index is -1.10. The van der Waals surface area contributed by atoms with E-state index in [0.29, 0.717) is 17.5 Å². The van der Waals surface area contributed by atoms with Crippen LogP contribution < -0.4 is 0 Å². The summed E-state index contributed by atoms with van der Waals surface area (Å²) in [5.74, 6) is -1.27. The van der Waals surface area contributed by atoms with E-state index in [1.807, 2.05) is 0 Å². The SMILES string of the molecule is C[C@]1(C(=O)OCCN2C(=O)c3ccccc3C2=O)CC1(Cl)Cl. The highest BCUT2D eigenvalue weighted by Crippen LogP contribution is 2.64. The molecule has 0 saturated heterocycles. The third-order valence-electron chi connectivity index (χ3n) is 4.13. The van der Waals surface area contributed by atoms with Gasteiger partial charge < -0.3 is 4.74 Å². The van der Waals surface area contributed by atoms with Gasteiger partial charge in [-0.1, -0.05) is 12.1 Å². The van der Waals surface area contributed by atoms with Crippen molar-refractivity contribution in [3.8, 4) is 0 Å². The summed E-state index contributed by atoms with van der Waals surface area (Å²) in [7, 11) is 0. The first-order valence-electron chi connectivity index (χ1n) is 6.78. The largest absolute Gasteiger partial charge is 0.463 e. The number of amides is 2. The van der Waals surface area contributed by atoms with E-state index < -0.39 is 15.7 Å². The molecule has 2 amide bonds. The molecular weight excluding hydrogens is 329 g/mol. The normalized spacial score (nSPS) is 25.1. The quantitative estimate of drug-likeness (QED) is 0.479. The van der Waals surface area contributed by atoms with Crippen LogP contribution in [0, 0.1) is 5.41 Å². The Morgan fingerprint density at radius 1 is 1.23 bits per heavy atom. The Hall–Kier alpha value is -1.59. The zero-order valence-corrected chi connectivity index (χ0v) is 13.3. The summed E-state index contributed by atoms with van der Waals surface area (Å²) in [6.45, 7) is 1.55. The lowest BCUT2D eigenvalue weighted by molar-refractivity contribution is -0.149. The van der Waals surface area contributed by atoms with Crippen LogP contribution in [-0.2, 0) is 9.53 Å². The zero-order valence-electron chi connectivity index (χ0n) is 11.8. The number of halogens is 2. The molecular formula is C15H13Cl2NO4. The Bertz CT molecular complexity index is 653. The molecule has 1 aromatic carbocycles. The molecule has 5 nitrogen and oxygen atoms in total. The second-order valence-electron chi connectivity index (χ2n) is 5.66. The molecule has 7 heteroatoms. The fourth-order valence-electron chi connectivity index (χ4n) is 2.45. The number of hydrogen-bond donors (Lipinski definition) is 0. The lowest BCUT2D eigenvalue weighted by atomic mass is 10.1. The maximum absolute atomic E-state index is 12.1. The number of alkyl halides is 2. The van der Waals surface area contributed by atoms with Gasteiger partial charge in [0.15, 0.2) is 0 Å². The van der Waals surface area contributed by atoms with Crippen LogP contribution in [0.1, 0.15) is 34.1 Å². The van der Waals surface area contributed by atoms with Crippen LogP contribution in [0.3, 0.4) is 0 Å². The highest BCUT2D eigenvalue weighted by Gasteiger charge is 2.69. The molecule has 0 aromatic heterocycles. The lowest BCUT2D eigenvalue weighted by Gasteiger charge is -2.16. The number of esters is 1. The smallest absolute Gasteiger partial charge is 0.315 e. The molecule has 0 radical (unpaired) electrons. The number of rotatable bonds is 4. The van der Waals surface area contributed by atoms with E-state index in [4.69, 9.17) is 27.9 Å². The highest BCUT2D eigenvalue weighted by molar-refractivity contribution is 6.53. The number of nitrogens with zero attached hydrogens (tertiary/aromatic N) is 1. The average molecular weight is 342 g/mol. The van der Waals surface area contributed by atoms with Crippen molar-refractivity contribution in [2.75, 3.05) is 13.2 Å². The van der Waals surface area contributed by atoms with Gasteiger partial charge in [-0.2, -0.15) is 0 Å². The molecule has 1 aliphatic carbocycles. The molecule has 1 saturated carbocycles. The first-order chi connectivity index (χ1) is 10.3. The zero-order chi connectivity index (χ0) is 16.1. The molecule has 0 N–H and O–H groups in total. The van der Waals surface area contributed by atoms with Crippen molar-refractivity contribution in [2.24, 2.45) is 5.41 Å². The number of fused-ring (bicyclic) bond motifs is 1. The van der Waals surface area contributed by atoms with Gasteiger partial charge in [-0.3, -0.25) is 19.3 Å². The molecule has 22 heavy (non-hydrogen) atoms. The van der Waals surface area contributed by atoms with Gasteiger partial charge >= 0.3 is 5.97 Å².